The van der Waals surface area contributed by atoms with Crippen LogP contribution in [0.15, 0.2) is 0 Å². The van der Waals surface area contributed by atoms with E-state index >= 15 is 0 Å². The van der Waals surface area contributed by atoms with E-state index in [1.807, 2.05) is 0 Å². The molecule has 3 nitrogen and oxygen atoms in total. The van der Waals surface area contributed by atoms with Gasteiger partial charge in [-0.25, -0.2) is 0 Å². The maximum Gasteiger partial charge on any atom is 0.0599 e. The Morgan fingerprint density at radius 1 is 1.45 bits per heavy atom. The SMILES string of the molecule is OCC1CNC[C@H]2CCCN12. The van der Waals surface area contributed by atoms with Gasteiger partial charge in [-0.2, -0.15) is 0 Å². The van der Waals surface area contributed by atoms with Gasteiger partial charge in [-0.3, -0.25) is 4.90 Å². The van der Waals surface area contributed by atoms with Crippen molar-refractivity contribution in [1.29, 1.82) is 0 Å². The highest BCUT2D eigenvalue weighted by molar-refractivity contribution is 4.90. The molecule has 11 heavy (non-hydrogen) atoms. The Morgan fingerprint density at radius 2 is 2.36 bits per heavy atom. The van der Waals surface area contributed by atoms with E-state index in [4.69, 9.17) is 5.11 Å². The van der Waals surface area contributed by atoms with E-state index in [1.165, 1.54) is 19.4 Å². The highest BCUT2D eigenvalue weighted by Gasteiger charge is 2.32. The van der Waals surface area contributed by atoms with Crippen LogP contribution in [-0.2, 0) is 0 Å². The number of aliphatic hydroxyl groups excluding tert-OH is 1. The van der Waals surface area contributed by atoms with Crippen molar-refractivity contribution in [1.82, 2.24) is 10.2 Å². The zero-order valence-corrected chi connectivity index (χ0v) is 6.79. The van der Waals surface area contributed by atoms with Crippen molar-refractivity contribution in [2.75, 3.05) is 26.2 Å². The van der Waals surface area contributed by atoms with E-state index < -0.39 is 0 Å². The quantitative estimate of drug-likeness (QED) is 0.533. The van der Waals surface area contributed by atoms with Gasteiger partial charge in [0.15, 0.2) is 0 Å². The summed E-state index contributed by atoms with van der Waals surface area (Å²) in [6, 6.07) is 1.09. The van der Waals surface area contributed by atoms with Gasteiger partial charge in [0.25, 0.3) is 0 Å². The first kappa shape index (κ1) is 7.53. The van der Waals surface area contributed by atoms with Gasteiger partial charge in [0.1, 0.15) is 0 Å². The summed E-state index contributed by atoms with van der Waals surface area (Å²) in [5.74, 6) is 0. The van der Waals surface area contributed by atoms with Gasteiger partial charge < -0.3 is 10.4 Å². The molecule has 2 saturated heterocycles. The van der Waals surface area contributed by atoms with Crippen LogP contribution in [0.1, 0.15) is 12.8 Å². The molecule has 2 atom stereocenters. The standard InChI is InChI=1S/C8H16N2O/c11-6-8-5-9-4-7-2-1-3-10(7)8/h7-9,11H,1-6H2/t7-,8?/m1/s1. The van der Waals surface area contributed by atoms with Crippen LogP contribution in [0.25, 0.3) is 0 Å². The predicted molar refractivity (Wildman–Crippen MR) is 43.5 cm³/mol. The summed E-state index contributed by atoms with van der Waals surface area (Å²) in [5, 5.41) is 12.4. The molecule has 0 aliphatic carbocycles. The highest BCUT2D eigenvalue weighted by Crippen LogP contribution is 2.21. The molecule has 2 aliphatic heterocycles. The minimum absolute atomic E-state index is 0.309. The summed E-state index contributed by atoms with van der Waals surface area (Å²) >= 11 is 0. The maximum absolute atomic E-state index is 9.06. The molecule has 0 saturated carbocycles. The first-order chi connectivity index (χ1) is 5.42. The van der Waals surface area contributed by atoms with Crippen LogP contribution < -0.4 is 5.32 Å². The van der Waals surface area contributed by atoms with Crippen molar-refractivity contribution in [3.63, 3.8) is 0 Å². The zero-order valence-electron chi connectivity index (χ0n) is 6.79. The molecular formula is C8H16N2O. The summed E-state index contributed by atoms with van der Waals surface area (Å²) in [4.78, 5) is 2.45. The van der Waals surface area contributed by atoms with Crippen molar-refractivity contribution in [3.05, 3.63) is 0 Å². The van der Waals surface area contributed by atoms with Crippen molar-refractivity contribution in [2.24, 2.45) is 0 Å². The van der Waals surface area contributed by atoms with Gasteiger partial charge in [0.2, 0.25) is 0 Å². The largest absolute Gasteiger partial charge is 0.395 e. The number of nitrogens with zero attached hydrogens (tertiary/aromatic N) is 1. The molecule has 2 heterocycles. The number of fused-ring (bicyclic) bond motifs is 1. The average molecular weight is 156 g/mol. The fourth-order valence-electron chi connectivity index (χ4n) is 2.26. The van der Waals surface area contributed by atoms with Gasteiger partial charge in [-0.15, -0.1) is 0 Å². The van der Waals surface area contributed by atoms with E-state index in [2.05, 4.69) is 10.2 Å². The van der Waals surface area contributed by atoms with Crippen molar-refractivity contribution in [2.45, 2.75) is 24.9 Å². The van der Waals surface area contributed by atoms with Crippen LogP contribution in [0.4, 0.5) is 0 Å². The second kappa shape index (κ2) is 3.09. The molecular weight excluding hydrogens is 140 g/mol. The molecule has 2 rings (SSSR count). The molecule has 0 aromatic carbocycles. The minimum Gasteiger partial charge on any atom is -0.395 e. The summed E-state index contributed by atoms with van der Waals surface area (Å²) in [6.45, 7) is 3.59. The number of nitrogens with one attached hydrogen (secondary N) is 1. The third-order valence-corrected chi connectivity index (χ3v) is 2.86. The third-order valence-electron chi connectivity index (χ3n) is 2.86. The van der Waals surface area contributed by atoms with Crippen LogP contribution >= 0.6 is 0 Å². The Balaban J connectivity index is 2.00. The Morgan fingerprint density at radius 3 is 3.18 bits per heavy atom. The first-order valence-electron chi connectivity index (χ1n) is 4.49. The topological polar surface area (TPSA) is 35.5 Å². The van der Waals surface area contributed by atoms with E-state index in [0.717, 1.165) is 13.1 Å². The van der Waals surface area contributed by atoms with E-state index in [1.54, 1.807) is 0 Å². The molecule has 0 spiro atoms. The molecule has 0 aromatic heterocycles. The Hall–Kier alpha value is -0.120. The maximum atomic E-state index is 9.06. The fourth-order valence-corrected chi connectivity index (χ4v) is 2.26. The predicted octanol–water partition coefficient (Wildman–Crippen LogP) is -0.585. The molecule has 0 amide bonds. The van der Waals surface area contributed by atoms with E-state index in [-0.39, 0.29) is 0 Å². The lowest BCUT2D eigenvalue weighted by Gasteiger charge is -2.37. The van der Waals surface area contributed by atoms with Crippen LogP contribution in [0, 0.1) is 0 Å². The lowest BCUT2D eigenvalue weighted by Crippen LogP contribution is -2.55. The molecule has 2 aliphatic rings. The molecule has 2 N–H and O–H groups in total. The average Bonchev–Trinajstić information content (AvgIpc) is 2.50. The first-order valence-corrected chi connectivity index (χ1v) is 4.49. The van der Waals surface area contributed by atoms with Gasteiger partial charge in [-0.1, -0.05) is 0 Å². The molecule has 1 unspecified atom stereocenters. The summed E-state index contributed by atoms with van der Waals surface area (Å²) in [5.41, 5.74) is 0. The van der Waals surface area contributed by atoms with Gasteiger partial charge in [0, 0.05) is 25.2 Å². The molecule has 3 heteroatoms. The van der Waals surface area contributed by atoms with Crippen LogP contribution in [-0.4, -0.2) is 48.3 Å². The zero-order chi connectivity index (χ0) is 7.68. The van der Waals surface area contributed by atoms with Gasteiger partial charge >= 0.3 is 0 Å². The number of rotatable bonds is 1. The molecule has 2 fully saturated rings. The number of aliphatic hydroxyl groups is 1. The van der Waals surface area contributed by atoms with Crippen LogP contribution in [0.2, 0.25) is 0 Å². The van der Waals surface area contributed by atoms with Gasteiger partial charge in [0.05, 0.1) is 6.61 Å². The number of hydrogen-bond donors (Lipinski definition) is 2. The Kier molecular flexibility index (Phi) is 2.11. The monoisotopic (exact) mass is 156 g/mol. The van der Waals surface area contributed by atoms with Crippen LogP contribution in [0.5, 0.6) is 0 Å². The smallest absolute Gasteiger partial charge is 0.0599 e. The third kappa shape index (κ3) is 1.28. The Labute approximate surface area is 67.4 Å². The molecule has 0 aromatic rings. The lowest BCUT2D eigenvalue weighted by atomic mass is 10.1. The number of hydrogen-bond acceptors (Lipinski definition) is 3. The summed E-state index contributed by atoms with van der Waals surface area (Å²) in [7, 11) is 0. The second-order valence-corrected chi connectivity index (χ2v) is 3.53. The van der Waals surface area contributed by atoms with E-state index in [9.17, 15) is 0 Å². The molecule has 0 bridgehead atoms. The van der Waals surface area contributed by atoms with Crippen molar-refractivity contribution < 1.29 is 5.11 Å². The minimum atomic E-state index is 0.309. The normalized spacial score (nSPS) is 39.0. The number of piperazine rings is 1. The second-order valence-electron chi connectivity index (χ2n) is 3.53. The summed E-state index contributed by atoms with van der Waals surface area (Å²) < 4.78 is 0. The van der Waals surface area contributed by atoms with Crippen molar-refractivity contribution in [3.8, 4) is 0 Å². The lowest BCUT2D eigenvalue weighted by molar-refractivity contribution is 0.0850. The molecule has 0 radical (unpaired) electrons. The highest BCUT2D eigenvalue weighted by atomic mass is 16.3. The van der Waals surface area contributed by atoms with Crippen molar-refractivity contribution >= 4 is 0 Å². The van der Waals surface area contributed by atoms with Crippen LogP contribution in [0.3, 0.4) is 0 Å². The van der Waals surface area contributed by atoms with Gasteiger partial charge in [-0.05, 0) is 19.4 Å². The fraction of sp³-hybridized carbons (Fsp3) is 1.00. The molecule has 64 valence electrons. The summed E-state index contributed by atoms with van der Waals surface area (Å²) in [6.07, 6.45) is 2.62. The van der Waals surface area contributed by atoms with E-state index in [0.29, 0.717) is 18.7 Å². The Bertz CT molecular complexity index is 140.